The summed E-state index contributed by atoms with van der Waals surface area (Å²) in [6, 6.07) is 12.1. The number of hydrogen-bond acceptors (Lipinski definition) is 3. The second kappa shape index (κ2) is 8.17. The molecular weight excluding hydrogens is 274 g/mol. The molecule has 0 fully saturated rings. The Balaban J connectivity index is 2.02. The van der Waals surface area contributed by atoms with Crippen LogP contribution in [-0.4, -0.2) is 24.5 Å². The summed E-state index contributed by atoms with van der Waals surface area (Å²) in [6.07, 6.45) is 5.46. The fourth-order valence-corrected chi connectivity index (χ4v) is 2.19. The van der Waals surface area contributed by atoms with Gasteiger partial charge in [-0.25, -0.2) is 0 Å². The topological polar surface area (TPSA) is 45.2 Å². The minimum atomic E-state index is -0.0593. The fourth-order valence-electron chi connectivity index (χ4n) is 2.19. The number of anilines is 1. The van der Waals surface area contributed by atoms with Gasteiger partial charge in [-0.1, -0.05) is 43.7 Å². The average molecular weight is 297 g/mol. The molecule has 0 aliphatic carbocycles. The quantitative estimate of drug-likeness (QED) is 0.798. The number of carbonyl (C=O) groups is 1. The molecule has 0 unspecified atom stereocenters. The van der Waals surface area contributed by atoms with Crippen LogP contribution >= 0.6 is 0 Å². The molecule has 0 atom stereocenters. The largest absolute Gasteiger partial charge is 0.369 e. The highest BCUT2D eigenvalue weighted by molar-refractivity contribution is 5.94. The molecule has 0 saturated carbocycles. The van der Waals surface area contributed by atoms with E-state index in [2.05, 4.69) is 34.3 Å². The predicted molar refractivity (Wildman–Crippen MR) is 90.0 cm³/mol. The van der Waals surface area contributed by atoms with Crippen LogP contribution in [0, 0.1) is 0 Å². The summed E-state index contributed by atoms with van der Waals surface area (Å²) >= 11 is 0. The van der Waals surface area contributed by atoms with Crippen LogP contribution in [0.2, 0.25) is 0 Å². The third-order valence-corrected chi connectivity index (χ3v) is 3.51. The molecule has 0 aliphatic heterocycles. The van der Waals surface area contributed by atoms with Crippen molar-refractivity contribution in [3.8, 4) is 0 Å². The Morgan fingerprint density at radius 1 is 1.23 bits per heavy atom. The van der Waals surface area contributed by atoms with Crippen LogP contribution in [0.25, 0.3) is 0 Å². The van der Waals surface area contributed by atoms with Crippen LogP contribution in [0.15, 0.2) is 48.8 Å². The maximum atomic E-state index is 12.1. The Morgan fingerprint density at radius 3 is 2.73 bits per heavy atom. The molecule has 22 heavy (non-hydrogen) atoms. The number of unbranched alkanes of at least 4 members (excludes halogenated alkanes) is 1. The van der Waals surface area contributed by atoms with Crippen molar-refractivity contribution in [1.29, 1.82) is 0 Å². The number of amides is 1. The summed E-state index contributed by atoms with van der Waals surface area (Å²) in [5.41, 5.74) is 2.77. The maximum Gasteiger partial charge on any atom is 0.252 e. The molecule has 2 aromatic rings. The lowest BCUT2D eigenvalue weighted by atomic mass is 10.2. The molecule has 0 radical (unpaired) electrons. The van der Waals surface area contributed by atoms with Gasteiger partial charge in [0, 0.05) is 26.3 Å². The Morgan fingerprint density at radius 2 is 2.00 bits per heavy atom. The number of carbonyl (C=O) groups excluding carboxylic acids is 1. The summed E-state index contributed by atoms with van der Waals surface area (Å²) in [7, 11) is 2.00. The monoisotopic (exact) mass is 297 g/mol. The van der Waals surface area contributed by atoms with Crippen LogP contribution in [0.5, 0.6) is 0 Å². The average Bonchev–Trinajstić information content (AvgIpc) is 2.56. The minimum Gasteiger partial charge on any atom is -0.369 e. The Bertz CT molecular complexity index is 598. The van der Waals surface area contributed by atoms with Gasteiger partial charge in [0.05, 0.1) is 17.4 Å². The molecule has 2 rings (SSSR count). The molecule has 0 saturated heterocycles. The number of benzene rings is 1. The number of rotatable bonds is 7. The summed E-state index contributed by atoms with van der Waals surface area (Å²) < 4.78 is 0. The molecular formula is C18H23N3O. The highest BCUT2D eigenvalue weighted by atomic mass is 16.1. The molecule has 0 bridgehead atoms. The van der Waals surface area contributed by atoms with Crippen LogP contribution < -0.4 is 10.2 Å². The zero-order valence-corrected chi connectivity index (χ0v) is 13.2. The van der Waals surface area contributed by atoms with Crippen LogP contribution in [0.4, 0.5) is 5.69 Å². The van der Waals surface area contributed by atoms with Crippen molar-refractivity contribution in [2.75, 3.05) is 18.5 Å². The summed E-state index contributed by atoms with van der Waals surface area (Å²) in [4.78, 5) is 18.4. The molecule has 1 amide bonds. The van der Waals surface area contributed by atoms with Gasteiger partial charge in [-0.15, -0.1) is 0 Å². The van der Waals surface area contributed by atoms with E-state index in [1.54, 1.807) is 12.4 Å². The Labute approximate surface area is 132 Å². The lowest BCUT2D eigenvalue weighted by Gasteiger charge is -2.19. The van der Waals surface area contributed by atoms with Gasteiger partial charge in [-0.05, 0) is 18.1 Å². The number of nitrogens with one attached hydrogen (secondary N) is 1. The maximum absolute atomic E-state index is 12.1. The molecule has 0 aliphatic rings. The molecule has 4 nitrogen and oxygen atoms in total. The molecule has 4 heteroatoms. The first-order valence-electron chi connectivity index (χ1n) is 7.69. The van der Waals surface area contributed by atoms with Crippen molar-refractivity contribution in [2.24, 2.45) is 0 Å². The molecule has 0 spiro atoms. The normalized spacial score (nSPS) is 10.3. The van der Waals surface area contributed by atoms with Crippen molar-refractivity contribution < 1.29 is 4.79 Å². The van der Waals surface area contributed by atoms with Gasteiger partial charge in [-0.3, -0.25) is 9.78 Å². The number of pyridine rings is 1. The van der Waals surface area contributed by atoms with Gasteiger partial charge in [0.1, 0.15) is 0 Å². The van der Waals surface area contributed by atoms with E-state index in [4.69, 9.17) is 0 Å². The van der Waals surface area contributed by atoms with Crippen molar-refractivity contribution >= 4 is 11.6 Å². The van der Waals surface area contributed by atoms with E-state index in [-0.39, 0.29) is 5.91 Å². The zero-order valence-electron chi connectivity index (χ0n) is 13.2. The van der Waals surface area contributed by atoms with Crippen molar-refractivity contribution in [3.63, 3.8) is 0 Å². The summed E-state index contributed by atoms with van der Waals surface area (Å²) in [5, 5.41) is 2.92. The number of hydrogen-bond donors (Lipinski definition) is 1. The molecule has 116 valence electrons. The van der Waals surface area contributed by atoms with E-state index < -0.39 is 0 Å². The van der Waals surface area contributed by atoms with Gasteiger partial charge < -0.3 is 10.2 Å². The first-order valence-corrected chi connectivity index (χ1v) is 7.69. The van der Waals surface area contributed by atoms with Gasteiger partial charge in [-0.2, -0.15) is 0 Å². The number of aromatic nitrogens is 1. The van der Waals surface area contributed by atoms with Crippen molar-refractivity contribution in [3.05, 3.63) is 59.9 Å². The minimum absolute atomic E-state index is 0.0593. The molecule has 1 N–H and O–H groups in total. The van der Waals surface area contributed by atoms with E-state index in [0.717, 1.165) is 25.1 Å². The van der Waals surface area contributed by atoms with Gasteiger partial charge in [0.25, 0.3) is 5.91 Å². The van der Waals surface area contributed by atoms with Crippen LogP contribution in [-0.2, 0) is 6.54 Å². The molecule has 1 aromatic heterocycles. The first-order chi connectivity index (χ1) is 10.7. The molecule has 1 heterocycles. The number of nitrogens with zero attached hydrogens (tertiary/aromatic N) is 2. The van der Waals surface area contributed by atoms with E-state index in [1.807, 2.05) is 31.3 Å². The van der Waals surface area contributed by atoms with E-state index in [1.165, 1.54) is 5.56 Å². The third kappa shape index (κ3) is 4.58. The SMILES string of the molecule is CCCCNC(=O)c1cncc(N(C)Cc2ccccc2)c1. The first kappa shape index (κ1) is 16.0. The standard InChI is InChI=1S/C18H23N3O/c1-3-4-10-20-18(22)16-11-17(13-19-12-16)21(2)14-15-8-6-5-7-9-15/h5-9,11-13H,3-4,10,14H2,1-2H3,(H,20,22). The van der Waals surface area contributed by atoms with Crippen LogP contribution in [0.1, 0.15) is 35.7 Å². The van der Waals surface area contributed by atoms with Gasteiger partial charge in [0.2, 0.25) is 0 Å². The van der Waals surface area contributed by atoms with Crippen molar-refractivity contribution in [1.82, 2.24) is 10.3 Å². The van der Waals surface area contributed by atoms with E-state index in [0.29, 0.717) is 12.1 Å². The lowest BCUT2D eigenvalue weighted by Crippen LogP contribution is -2.25. The van der Waals surface area contributed by atoms with Crippen molar-refractivity contribution in [2.45, 2.75) is 26.3 Å². The van der Waals surface area contributed by atoms with Crippen LogP contribution in [0.3, 0.4) is 0 Å². The lowest BCUT2D eigenvalue weighted by molar-refractivity contribution is 0.0953. The molecule has 1 aromatic carbocycles. The Hall–Kier alpha value is -2.36. The van der Waals surface area contributed by atoms with E-state index >= 15 is 0 Å². The van der Waals surface area contributed by atoms with E-state index in [9.17, 15) is 4.79 Å². The second-order valence-electron chi connectivity index (χ2n) is 5.38. The summed E-state index contributed by atoms with van der Waals surface area (Å²) in [6.45, 7) is 3.59. The van der Waals surface area contributed by atoms with Gasteiger partial charge in [0.15, 0.2) is 0 Å². The van der Waals surface area contributed by atoms with Gasteiger partial charge >= 0.3 is 0 Å². The zero-order chi connectivity index (χ0) is 15.8. The Kier molecular flexibility index (Phi) is 5.95. The highest BCUT2D eigenvalue weighted by Crippen LogP contribution is 2.16. The third-order valence-electron chi connectivity index (χ3n) is 3.51. The predicted octanol–water partition coefficient (Wildman–Crippen LogP) is 3.25. The second-order valence-corrected chi connectivity index (χ2v) is 5.38. The summed E-state index contributed by atoms with van der Waals surface area (Å²) in [5.74, 6) is -0.0593. The smallest absolute Gasteiger partial charge is 0.252 e. The highest BCUT2D eigenvalue weighted by Gasteiger charge is 2.09. The fraction of sp³-hybridized carbons (Fsp3) is 0.333.